The van der Waals surface area contributed by atoms with Crippen LogP contribution in [0.25, 0.3) is 0 Å². The molecule has 0 aliphatic rings. The van der Waals surface area contributed by atoms with Gasteiger partial charge in [0.1, 0.15) is 11.5 Å². The van der Waals surface area contributed by atoms with Crippen LogP contribution in [0, 0.1) is 5.92 Å². The molecule has 0 aliphatic heterocycles. The molecule has 6 nitrogen and oxygen atoms in total. The molecule has 6 heteroatoms. The number of aromatic nitrogens is 2. The Morgan fingerprint density at radius 3 is 2.26 bits per heavy atom. The molecule has 3 aromatic rings. The molecule has 0 fully saturated rings. The summed E-state index contributed by atoms with van der Waals surface area (Å²) in [6.07, 6.45) is 2.86. The fourth-order valence-corrected chi connectivity index (χ4v) is 2.18. The van der Waals surface area contributed by atoms with Crippen LogP contribution in [0.4, 0.5) is 5.69 Å². The lowest BCUT2D eigenvalue weighted by Crippen LogP contribution is -2.12. The molecule has 1 aromatic heterocycles. The number of carbonyl (C=O) groups is 1. The quantitative estimate of drug-likeness (QED) is 0.666. The van der Waals surface area contributed by atoms with E-state index in [9.17, 15) is 4.79 Å². The minimum absolute atomic E-state index is 0.185. The van der Waals surface area contributed by atoms with E-state index < -0.39 is 0 Å². The first-order valence-corrected chi connectivity index (χ1v) is 8.69. The van der Waals surface area contributed by atoms with E-state index in [1.807, 2.05) is 30.3 Å². The molecule has 138 valence electrons. The van der Waals surface area contributed by atoms with Gasteiger partial charge < -0.3 is 14.8 Å². The summed E-state index contributed by atoms with van der Waals surface area (Å²) >= 11 is 0. The van der Waals surface area contributed by atoms with Gasteiger partial charge in [-0.2, -0.15) is 0 Å². The monoisotopic (exact) mass is 363 g/mol. The number of nitrogens with one attached hydrogen (secondary N) is 1. The van der Waals surface area contributed by atoms with Gasteiger partial charge >= 0.3 is 6.01 Å². The van der Waals surface area contributed by atoms with Crippen LogP contribution >= 0.6 is 0 Å². The van der Waals surface area contributed by atoms with E-state index in [0.717, 1.165) is 5.75 Å². The number of para-hydroxylation sites is 1. The van der Waals surface area contributed by atoms with Gasteiger partial charge in [0, 0.05) is 18.1 Å². The van der Waals surface area contributed by atoms with E-state index >= 15 is 0 Å². The van der Waals surface area contributed by atoms with Crippen LogP contribution in [-0.2, 0) is 0 Å². The molecule has 0 saturated carbocycles. The smallest absolute Gasteiger partial charge is 0.321 e. The summed E-state index contributed by atoms with van der Waals surface area (Å²) in [7, 11) is 0. The van der Waals surface area contributed by atoms with E-state index in [-0.39, 0.29) is 11.9 Å². The molecule has 1 heterocycles. The minimum Gasteiger partial charge on any atom is -0.493 e. The number of benzene rings is 2. The Bertz CT molecular complexity index is 863. The Labute approximate surface area is 158 Å². The van der Waals surface area contributed by atoms with Gasteiger partial charge in [0.15, 0.2) is 0 Å². The number of rotatable bonds is 7. The summed E-state index contributed by atoms with van der Waals surface area (Å²) in [6.45, 7) is 4.83. The highest BCUT2D eigenvalue weighted by molar-refractivity contribution is 6.03. The number of anilines is 1. The van der Waals surface area contributed by atoms with Crippen molar-refractivity contribution in [2.75, 3.05) is 11.9 Å². The molecule has 1 N–H and O–H groups in total. The highest BCUT2D eigenvalue weighted by atomic mass is 16.5. The van der Waals surface area contributed by atoms with E-state index in [2.05, 4.69) is 29.1 Å². The Morgan fingerprint density at radius 1 is 0.963 bits per heavy atom. The molecule has 0 saturated heterocycles. The summed E-state index contributed by atoms with van der Waals surface area (Å²) in [5, 5.41) is 2.80. The second-order valence-corrected chi connectivity index (χ2v) is 6.35. The van der Waals surface area contributed by atoms with Gasteiger partial charge in [0.25, 0.3) is 5.91 Å². The molecule has 2 aromatic carbocycles. The van der Waals surface area contributed by atoms with Crippen molar-refractivity contribution in [3.05, 3.63) is 72.6 Å². The fourth-order valence-electron chi connectivity index (χ4n) is 2.18. The Morgan fingerprint density at radius 2 is 1.63 bits per heavy atom. The van der Waals surface area contributed by atoms with E-state index in [4.69, 9.17) is 9.47 Å². The number of carbonyl (C=O) groups excluding carboxylic acids is 1. The van der Waals surface area contributed by atoms with Gasteiger partial charge in [0.2, 0.25) is 0 Å². The number of ether oxygens (including phenoxy) is 2. The summed E-state index contributed by atoms with van der Waals surface area (Å²) in [6, 6.07) is 16.6. The third-order valence-electron chi connectivity index (χ3n) is 3.54. The predicted molar refractivity (Wildman–Crippen MR) is 103 cm³/mol. The largest absolute Gasteiger partial charge is 0.493 e. The van der Waals surface area contributed by atoms with Crippen LogP contribution in [0.5, 0.6) is 17.5 Å². The van der Waals surface area contributed by atoms with Crippen molar-refractivity contribution in [1.29, 1.82) is 0 Å². The molecular weight excluding hydrogens is 342 g/mol. The van der Waals surface area contributed by atoms with E-state index in [0.29, 0.717) is 29.5 Å². The normalized spacial score (nSPS) is 10.5. The van der Waals surface area contributed by atoms with Crippen LogP contribution in [0.3, 0.4) is 0 Å². The van der Waals surface area contributed by atoms with Gasteiger partial charge in [0.05, 0.1) is 12.2 Å². The summed E-state index contributed by atoms with van der Waals surface area (Å²) < 4.78 is 11.1. The minimum atomic E-state index is -0.294. The highest BCUT2D eigenvalue weighted by Crippen LogP contribution is 2.18. The average Bonchev–Trinajstić information content (AvgIpc) is 2.69. The molecule has 0 bridgehead atoms. The van der Waals surface area contributed by atoms with Crippen molar-refractivity contribution >= 4 is 11.6 Å². The summed E-state index contributed by atoms with van der Waals surface area (Å²) in [5.74, 6) is 1.57. The first kappa shape index (κ1) is 18.4. The molecule has 1 amide bonds. The molecule has 3 rings (SSSR count). The SMILES string of the molecule is CC(C)COc1ccc(NC(=O)c2cnc(Oc3ccccc3)nc2)cc1. The number of amides is 1. The first-order valence-electron chi connectivity index (χ1n) is 8.69. The van der Waals surface area contributed by atoms with Crippen LogP contribution in [-0.4, -0.2) is 22.5 Å². The Hall–Kier alpha value is -3.41. The van der Waals surface area contributed by atoms with Crippen LogP contribution in [0.2, 0.25) is 0 Å². The van der Waals surface area contributed by atoms with Crippen molar-refractivity contribution in [2.24, 2.45) is 5.92 Å². The van der Waals surface area contributed by atoms with Crippen LogP contribution < -0.4 is 14.8 Å². The summed E-state index contributed by atoms with van der Waals surface area (Å²) in [5.41, 5.74) is 1.01. The van der Waals surface area contributed by atoms with Gasteiger partial charge in [-0.25, -0.2) is 9.97 Å². The zero-order chi connectivity index (χ0) is 19.1. The van der Waals surface area contributed by atoms with Crippen molar-refractivity contribution in [3.8, 4) is 17.5 Å². The standard InChI is InChI=1S/C21H21N3O3/c1-15(2)14-26-18-10-8-17(9-11-18)24-20(25)16-12-22-21(23-13-16)27-19-6-4-3-5-7-19/h3-13,15H,14H2,1-2H3,(H,24,25). The molecule has 0 aliphatic carbocycles. The topological polar surface area (TPSA) is 73.3 Å². The van der Waals surface area contributed by atoms with E-state index in [1.165, 1.54) is 12.4 Å². The van der Waals surface area contributed by atoms with Crippen LogP contribution in [0.1, 0.15) is 24.2 Å². The van der Waals surface area contributed by atoms with Crippen molar-refractivity contribution in [1.82, 2.24) is 9.97 Å². The predicted octanol–water partition coefficient (Wildman–Crippen LogP) is 4.56. The third kappa shape index (κ3) is 5.54. The second-order valence-electron chi connectivity index (χ2n) is 6.35. The number of hydrogen-bond acceptors (Lipinski definition) is 5. The van der Waals surface area contributed by atoms with Gasteiger partial charge in [-0.3, -0.25) is 4.79 Å². The Balaban J connectivity index is 1.57. The van der Waals surface area contributed by atoms with Gasteiger partial charge in [-0.1, -0.05) is 32.0 Å². The van der Waals surface area contributed by atoms with E-state index in [1.54, 1.807) is 24.3 Å². The van der Waals surface area contributed by atoms with Crippen molar-refractivity contribution < 1.29 is 14.3 Å². The molecule has 0 spiro atoms. The maximum atomic E-state index is 12.3. The van der Waals surface area contributed by atoms with Gasteiger partial charge in [-0.05, 0) is 42.3 Å². The molecule has 0 unspecified atom stereocenters. The zero-order valence-electron chi connectivity index (χ0n) is 15.3. The molecule has 0 atom stereocenters. The molecule has 27 heavy (non-hydrogen) atoms. The maximum Gasteiger partial charge on any atom is 0.321 e. The highest BCUT2D eigenvalue weighted by Gasteiger charge is 2.09. The maximum absolute atomic E-state index is 12.3. The van der Waals surface area contributed by atoms with Crippen molar-refractivity contribution in [3.63, 3.8) is 0 Å². The molecule has 0 radical (unpaired) electrons. The second kappa shape index (κ2) is 8.80. The fraction of sp³-hybridized carbons (Fsp3) is 0.190. The summed E-state index contributed by atoms with van der Waals surface area (Å²) in [4.78, 5) is 20.5. The van der Waals surface area contributed by atoms with Gasteiger partial charge in [-0.15, -0.1) is 0 Å². The zero-order valence-corrected chi connectivity index (χ0v) is 15.3. The van der Waals surface area contributed by atoms with Crippen LogP contribution in [0.15, 0.2) is 67.0 Å². The number of hydrogen-bond donors (Lipinski definition) is 1. The van der Waals surface area contributed by atoms with Crippen molar-refractivity contribution in [2.45, 2.75) is 13.8 Å². The third-order valence-corrected chi connectivity index (χ3v) is 3.54. The Kier molecular flexibility index (Phi) is 5.99. The lowest BCUT2D eigenvalue weighted by molar-refractivity contribution is 0.102. The number of nitrogens with zero attached hydrogens (tertiary/aromatic N) is 2. The lowest BCUT2D eigenvalue weighted by Gasteiger charge is -2.10. The average molecular weight is 363 g/mol. The molecular formula is C21H21N3O3. The lowest BCUT2D eigenvalue weighted by atomic mass is 10.2. The first-order chi connectivity index (χ1) is 13.1.